The summed E-state index contributed by atoms with van der Waals surface area (Å²) in [4.78, 5) is 4.56. The summed E-state index contributed by atoms with van der Waals surface area (Å²) in [5.41, 5.74) is 2.22. The monoisotopic (exact) mass is 300 g/mol. The molecule has 0 fully saturated rings. The molecule has 0 aliphatic carbocycles. The first kappa shape index (κ1) is 14.1. The molecule has 3 rings (SSSR count). The molecule has 0 bridgehead atoms. The highest BCUT2D eigenvalue weighted by molar-refractivity contribution is 8.14. The molecule has 1 heterocycles. The Morgan fingerprint density at radius 2 is 2.00 bits per heavy atom. The Kier molecular flexibility index (Phi) is 4.25. The third-order valence-electron chi connectivity index (χ3n) is 3.51. The largest absolute Gasteiger partial charge is 0.358 e. The summed E-state index contributed by atoms with van der Waals surface area (Å²) in [5, 5.41) is 4.67. The maximum absolute atomic E-state index is 13.3. The van der Waals surface area contributed by atoms with Gasteiger partial charge >= 0.3 is 0 Å². The quantitative estimate of drug-likeness (QED) is 0.913. The number of rotatable bonds is 3. The molecule has 1 aliphatic rings. The van der Waals surface area contributed by atoms with E-state index in [1.807, 2.05) is 19.1 Å². The van der Waals surface area contributed by atoms with Gasteiger partial charge in [0, 0.05) is 0 Å². The van der Waals surface area contributed by atoms with Crippen LogP contribution in [0.4, 0.5) is 4.39 Å². The topological polar surface area (TPSA) is 24.4 Å². The fourth-order valence-electron chi connectivity index (χ4n) is 2.34. The van der Waals surface area contributed by atoms with Gasteiger partial charge < -0.3 is 5.32 Å². The SMILES string of the molecule is CC(NC1=NCC(c2ccccc2)S1)c1cccc(F)c1. The van der Waals surface area contributed by atoms with Crippen LogP contribution in [-0.2, 0) is 0 Å². The zero-order chi connectivity index (χ0) is 14.7. The molecule has 0 saturated heterocycles. The van der Waals surface area contributed by atoms with Crippen molar-refractivity contribution < 1.29 is 4.39 Å². The number of aliphatic imine (C=N–C) groups is 1. The number of nitrogens with zero attached hydrogens (tertiary/aromatic N) is 1. The lowest BCUT2D eigenvalue weighted by molar-refractivity contribution is 0.618. The van der Waals surface area contributed by atoms with Gasteiger partial charge in [-0.2, -0.15) is 0 Å². The molecule has 2 unspecified atom stereocenters. The Morgan fingerprint density at radius 1 is 1.19 bits per heavy atom. The molecule has 0 saturated carbocycles. The molecule has 108 valence electrons. The predicted molar refractivity (Wildman–Crippen MR) is 87.0 cm³/mol. The number of hydrogen-bond acceptors (Lipinski definition) is 3. The van der Waals surface area contributed by atoms with E-state index in [9.17, 15) is 4.39 Å². The van der Waals surface area contributed by atoms with Gasteiger partial charge in [-0.1, -0.05) is 54.2 Å². The van der Waals surface area contributed by atoms with Crippen LogP contribution >= 0.6 is 11.8 Å². The average Bonchev–Trinajstić information content (AvgIpc) is 2.97. The van der Waals surface area contributed by atoms with Crippen molar-refractivity contribution in [3.05, 3.63) is 71.5 Å². The van der Waals surface area contributed by atoms with Crippen LogP contribution in [0.25, 0.3) is 0 Å². The molecule has 1 aliphatic heterocycles. The normalized spacial score (nSPS) is 19.1. The summed E-state index contributed by atoms with van der Waals surface area (Å²) in [5.74, 6) is -0.204. The zero-order valence-electron chi connectivity index (χ0n) is 11.8. The molecule has 0 spiro atoms. The van der Waals surface area contributed by atoms with E-state index in [1.54, 1.807) is 23.9 Å². The number of benzene rings is 2. The fourth-order valence-corrected chi connectivity index (χ4v) is 3.45. The van der Waals surface area contributed by atoms with E-state index in [0.29, 0.717) is 5.25 Å². The summed E-state index contributed by atoms with van der Waals surface area (Å²) in [6.07, 6.45) is 0. The van der Waals surface area contributed by atoms with Gasteiger partial charge in [-0.15, -0.1) is 0 Å². The van der Waals surface area contributed by atoms with Crippen LogP contribution < -0.4 is 5.32 Å². The van der Waals surface area contributed by atoms with E-state index in [-0.39, 0.29) is 11.9 Å². The number of amidine groups is 1. The molecular formula is C17H17FN2S. The minimum atomic E-state index is -0.204. The van der Waals surface area contributed by atoms with E-state index in [0.717, 1.165) is 17.3 Å². The van der Waals surface area contributed by atoms with E-state index in [1.165, 1.54) is 11.6 Å². The highest BCUT2D eigenvalue weighted by Gasteiger charge is 2.22. The zero-order valence-corrected chi connectivity index (χ0v) is 12.6. The molecule has 0 radical (unpaired) electrons. The van der Waals surface area contributed by atoms with Crippen LogP contribution in [-0.4, -0.2) is 11.7 Å². The molecule has 0 aromatic heterocycles. The highest BCUT2D eigenvalue weighted by atomic mass is 32.2. The lowest BCUT2D eigenvalue weighted by Gasteiger charge is -2.16. The minimum Gasteiger partial charge on any atom is -0.358 e. The van der Waals surface area contributed by atoms with Gasteiger partial charge in [0.05, 0.1) is 17.8 Å². The van der Waals surface area contributed by atoms with Gasteiger partial charge in [-0.3, -0.25) is 4.99 Å². The highest BCUT2D eigenvalue weighted by Crippen LogP contribution is 2.34. The van der Waals surface area contributed by atoms with Gasteiger partial charge in [0.25, 0.3) is 0 Å². The van der Waals surface area contributed by atoms with Crippen LogP contribution in [0.15, 0.2) is 59.6 Å². The molecule has 2 aromatic rings. The molecule has 21 heavy (non-hydrogen) atoms. The standard InChI is InChI=1S/C17H17FN2S/c1-12(14-8-5-9-15(18)10-14)20-17-19-11-16(21-17)13-6-3-2-4-7-13/h2-10,12,16H,11H2,1H3,(H,19,20). The molecule has 2 nitrogen and oxygen atoms in total. The van der Waals surface area contributed by atoms with Crippen LogP contribution in [0, 0.1) is 5.82 Å². The van der Waals surface area contributed by atoms with Gasteiger partial charge in [-0.25, -0.2) is 4.39 Å². The van der Waals surface area contributed by atoms with Gasteiger partial charge in [0.1, 0.15) is 5.82 Å². The van der Waals surface area contributed by atoms with Crippen molar-refractivity contribution in [3.63, 3.8) is 0 Å². The minimum absolute atomic E-state index is 0.0430. The first-order valence-corrected chi connectivity index (χ1v) is 7.88. The lowest BCUT2D eigenvalue weighted by atomic mass is 10.1. The summed E-state index contributed by atoms with van der Waals surface area (Å²) >= 11 is 1.74. The first-order valence-electron chi connectivity index (χ1n) is 7.00. The second kappa shape index (κ2) is 6.31. The molecule has 4 heteroatoms. The van der Waals surface area contributed by atoms with E-state index >= 15 is 0 Å². The lowest BCUT2D eigenvalue weighted by Crippen LogP contribution is -2.23. The van der Waals surface area contributed by atoms with Gasteiger partial charge in [-0.05, 0) is 30.2 Å². The molecule has 0 amide bonds. The molecule has 2 aromatic carbocycles. The summed E-state index contributed by atoms with van der Waals surface area (Å²) in [7, 11) is 0. The third-order valence-corrected chi connectivity index (χ3v) is 4.69. The van der Waals surface area contributed by atoms with Crippen LogP contribution in [0.2, 0.25) is 0 Å². The summed E-state index contributed by atoms with van der Waals surface area (Å²) in [6, 6.07) is 17.1. The summed E-state index contributed by atoms with van der Waals surface area (Å²) in [6.45, 7) is 2.81. The van der Waals surface area contributed by atoms with Crippen LogP contribution in [0.5, 0.6) is 0 Å². The fraction of sp³-hybridized carbons (Fsp3) is 0.235. The number of nitrogens with one attached hydrogen (secondary N) is 1. The van der Waals surface area contributed by atoms with Crippen molar-refractivity contribution in [2.75, 3.05) is 6.54 Å². The average molecular weight is 300 g/mol. The second-order valence-electron chi connectivity index (χ2n) is 5.08. The molecular weight excluding hydrogens is 283 g/mol. The van der Waals surface area contributed by atoms with Crippen molar-refractivity contribution in [1.82, 2.24) is 5.32 Å². The van der Waals surface area contributed by atoms with Crippen molar-refractivity contribution in [1.29, 1.82) is 0 Å². The number of hydrogen-bond donors (Lipinski definition) is 1. The third kappa shape index (κ3) is 3.45. The molecule has 2 atom stereocenters. The van der Waals surface area contributed by atoms with E-state index < -0.39 is 0 Å². The second-order valence-corrected chi connectivity index (χ2v) is 6.28. The van der Waals surface area contributed by atoms with Gasteiger partial charge in [0.15, 0.2) is 5.17 Å². The smallest absolute Gasteiger partial charge is 0.157 e. The maximum atomic E-state index is 13.3. The van der Waals surface area contributed by atoms with Crippen molar-refractivity contribution >= 4 is 16.9 Å². The van der Waals surface area contributed by atoms with Crippen LogP contribution in [0.3, 0.4) is 0 Å². The van der Waals surface area contributed by atoms with Crippen LogP contribution in [0.1, 0.15) is 29.3 Å². The Labute approximate surface area is 128 Å². The molecule has 1 N–H and O–H groups in total. The van der Waals surface area contributed by atoms with Gasteiger partial charge in [0.2, 0.25) is 0 Å². The van der Waals surface area contributed by atoms with Crippen molar-refractivity contribution in [2.24, 2.45) is 4.99 Å². The van der Waals surface area contributed by atoms with Crippen molar-refractivity contribution in [2.45, 2.75) is 18.2 Å². The first-order chi connectivity index (χ1) is 10.2. The summed E-state index contributed by atoms with van der Waals surface area (Å²) < 4.78 is 13.3. The van der Waals surface area contributed by atoms with E-state index in [2.05, 4.69) is 34.6 Å². The maximum Gasteiger partial charge on any atom is 0.157 e. The Bertz CT molecular complexity index is 642. The Balaban J connectivity index is 1.62. The Morgan fingerprint density at radius 3 is 2.76 bits per heavy atom. The van der Waals surface area contributed by atoms with Crippen molar-refractivity contribution in [3.8, 4) is 0 Å². The number of thioether (sulfide) groups is 1. The van der Waals surface area contributed by atoms with E-state index in [4.69, 9.17) is 0 Å². The number of halogens is 1. The predicted octanol–water partition coefficient (Wildman–Crippen LogP) is 4.32. The Hall–Kier alpha value is -1.81.